The zero-order chi connectivity index (χ0) is 17.6. The van der Waals surface area contributed by atoms with Crippen LogP contribution in [0, 0.1) is 0 Å². The molecule has 0 bridgehead atoms. The molecular weight excluding hydrogens is 320 g/mol. The van der Waals surface area contributed by atoms with E-state index in [2.05, 4.69) is 78.8 Å². The highest BCUT2D eigenvalue weighted by Gasteiger charge is 2.39. The van der Waals surface area contributed by atoms with Gasteiger partial charge in [-0.25, -0.2) is 0 Å². The number of allylic oxidation sites excluding steroid dienone is 5. The first-order valence-electron chi connectivity index (χ1n) is 8.60. The van der Waals surface area contributed by atoms with E-state index in [0.29, 0.717) is 0 Å². The first-order chi connectivity index (χ1) is 12.0. The smallest absolute Gasteiger partial charge is 0.114 e. The molecule has 0 radical (unpaired) electrons. The maximum Gasteiger partial charge on any atom is 0.114 e. The Kier molecular flexibility index (Phi) is 3.62. The minimum atomic E-state index is -1.85. The van der Waals surface area contributed by atoms with Gasteiger partial charge in [0.15, 0.2) is 0 Å². The molecule has 124 valence electrons. The summed E-state index contributed by atoms with van der Waals surface area (Å²) in [4.78, 5) is 4.40. The van der Waals surface area contributed by atoms with Crippen LogP contribution in [0.5, 0.6) is 0 Å². The van der Waals surface area contributed by atoms with E-state index in [-0.39, 0.29) is 0 Å². The van der Waals surface area contributed by atoms with Crippen LogP contribution in [0.1, 0.15) is 11.1 Å². The van der Waals surface area contributed by atoms with E-state index in [4.69, 9.17) is 5.73 Å². The number of nitrogens with zero attached hydrogens (tertiary/aromatic N) is 1. The third-order valence-corrected chi connectivity index (χ3v) is 8.77. The predicted molar refractivity (Wildman–Crippen MR) is 111 cm³/mol. The Morgan fingerprint density at radius 3 is 2.44 bits per heavy atom. The first kappa shape index (κ1) is 15.9. The van der Waals surface area contributed by atoms with Gasteiger partial charge in [-0.1, -0.05) is 55.6 Å². The summed E-state index contributed by atoms with van der Waals surface area (Å²) in [5.41, 5.74) is 13.3. The number of nitrogens with two attached hydrogens (primary N) is 1. The van der Waals surface area contributed by atoms with Crippen molar-refractivity contribution >= 4 is 30.2 Å². The van der Waals surface area contributed by atoms with Gasteiger partial charge in [0.05, 0.1) is 5.71 Å². The van der Waals surface area contributed by atoms with E-state index in [1.165, 1.54) is 32.7 Å². The number of anilines is 1. The lowest BCUT2D eigenvalue weighted by Crippen LogP contribution is -2.49. The van der Waals surface area contributed by atoms with E-state index in [0.717, 1.165) is 11.4 Å². The van der Waals surface area contributed by atoms with E-state index >= 15 is 0 Å². The van der Waals surface area contributed by atoms with Gasteiger partial charge in [-0.05, 0) is 56.9 Å². The van der Waals surface area contributed by atoms with Crippen LogP contribution in [0.25, 0.3) is 5.57 Å². The second-order valence-corrected chi connectivity index (χ2v) is 11.5. The lowest BCUT2D eigenvalue weighted by Gasteiger charge is -2.38. The SMILES string of the molecule is CN=C1C=CC2=C(c3ccccc3)c3ccc(N)cc3[Si](C)(C)C2=C1. The lowest BCUT2D eigenvalue weighted by molar-refractivity contribution is 1.41. The second kappa shape index (κ2) is 5.71. The van der Waals surface area contributed by atoms with Crippen molar-refractivity contribution < 1.29 is 0 Å². The Hall–Kier alpha value is -2.65. The minimum Gasteiger partial charge on any atom is -0.399 e. The maximum absolute atomic E-state index is 6.16. The quantitative estimate of drug-likeness (QED) is 0.615. The van der Waals surface area contributed by atoms with Crippen molar-refractivity contribution in [3.05, 3.63) is 88.7 Å². The van der Waals surface area contributed by atoms with Gasteiger partial charge < -0.3 is 5.73 Å². The van der Waals surface area contributed by atoms with Crippen molar-refractivity contribution in [3.63, 3.8) is 0 Å². The summed E-state index contributed by atoms with van der Waals surface area (Å²) in [5, 5.41) is 2.85. The van der Waals surface area contributed by atoms with Gasteiger partial charge in [0.1, 0.15) is 8.07 Å². The molecule has 2 N–H and O–H groups in total. The zero-order valence-corrected chi connectivity index (χ0v) is 15.9. The zero-order valence-electron chi connectivity index (χ0n) is 14.9. The molecule has 1 aliphatic carbocycles. The molecule has 0 spiro atoms. The predicted octanol–water partition coefficient (Wildman–Crippen LogP) is 4.11. The van der Waals surface area contributed by atoms with Crippen molar-refractivity contribution in [2.45, 2.75) is 13.1 Å². The Morgan fingerprint density at radius 1 is 0.960 bits per heavy atom. The summed E-state index contributed by atoms with van der Waals surface area (Å²) >= 11 is 0. The summed E-state index contributed by atoms with van der Waals surface area (Å²) in [6.45, 7) is 4.82. The Labute approximate surface area is 150 Å². The highest BCUT2D eigenvalue weighted by Crippen LogP contribution is 2.41. The average molecular weight is 343 g/mol. The van der Waals surface area contributed by atoms with Crippen molar-refractivity contribution in [2.24, 2.45) is 4.99 Å². The average Bonchev–Trinajstić information content (AvgIpc) is 2.63. The number of benzene rings is 2. The molecule has 2 aliphatic rings. The summed E-state index contributed by atoms with van der Waals surface area (Å²) in [6.07, 6.45) is 6.64. The molecular formula is C22H22N2Si. The normalized spacial score (nSPS) is 19.5. The third-order valence-electron chi connectivity index (χ3n) is 5.25. The standard InChI is InChI=1S/C22H22N2Si/c1-24-17-10-12-19-21(14-17)25(2,3)20-13-16(23)9-11-18(20)22(19)15-7-5-4-6-8-15/h4-14H,23H2,1-3H3. The van der Waals surface area contributed by atoms with Crippen LogP contribution in [0.4, 0.5) is 5.69 Å². The number of aliphatic imine (C=N–C) groups is 1. The molecule has 0 saturated heterocycles. The third kappa shape index (κ3) is 2.43. The van der Waals surface area contributed by atoms with Crippen LogP contribution in [-0.2, 0) is 0 Å². The van der Waals surface area contributed by atoms with Crippen LogP contribution in [-0.4, -0.2) is 20.8 Å². The van der Waals surface area contributed by atoms with Gasteiger partial charge in [-0.3, -0.25) is 4.99 Å². The molecule has 25 heavy (non-hydrogen) atoms. The molecule has 2 aromatic carbocycles. The lowest BCUT2D eigenvalue weighted by atomic mass is 9.90. The van der Waals surface area contributed by atoms with Gasteiger partial charge in [-0.2, -0.15) is 0 Å². The monoisotopic (exact) mass is 342 g/mol. The first-order valence-corrected chi connectivity index (χ1v) is 11.6. The van der Waals surface area contributed by atoms with Gasteiger partial charge >= 0.3 is 0 Å². The van der Waals surface area contributed by atoms with Crippen molar-refractivity contribution in [2.75, 3.05) is 12.8 Å². The number of nitrogen functional groups attached to an aromatic ring is 1. The van der Waals surface area contributed by atoms with E-state index in [1.54, 1.807) is 0 Å². The fourth-order valence-corrected chi connectivity index (χ4v) is 7.00. The second-order valence-electron chi connectivity index (χ2n) is 7.12. The molecule has 0 saturated carbocycles. The summed E-state index contributed by atoms with van der Waals surface area (Å²) in [5.74, 6) is 0. The fourth-order valence-electron chi connectivity index (χ4n) is 3.91. The number of hydrogen-bond donors (Lipinski definition) is 1. The Morgan fingerprint density at radius 2 is 1.72 bits per heavy atom. The molecule has 2 aromatic rings. The van der Waals surface area contributed by atoms with E-state index < -0.39 is 8.07 Å². The summed E-state index contributed by atoms with van der Waals surface area (Å²) in [6, 6.07) is 17.1. The van der Waals surface area contributed by atoms with Crippen LogP contribution >= 0.6 is 0 Å². The molecule has 0 fully saturated rings. The van der Waals surface area contributed by atoms with E-state index in [1.807, 2.05) is 13.1 Å². The van der Waals surface area contributed by atoms with Crippen LogP contribution in [0.3, 0.4) is 0 Å². The topological polar surface area (TPSA) is 38.4 Å². The molecule has 3 heteroatoms. The number of rotatable bonds is 1. The summed E-state index contributed by atoms with van der Waals surface area (Å²) < 4.78 is 0. The minimum absolute atomic E-state index is 0.839. The highest BCUT2D eigenvalue weighted by molar-refractivity contribution is 6.98. The highest BCUT2D eigenvalue weighted by atomic mass is 28.3. The molecule has 0 amide bonds. The van der Waals surface area contributed by atoms with Crippen LogP contribution < -0.4 is 10.9 Å². The molecule has 1 heterocycles. The van der Waals surface area contributed by atoms with Gasteiger partial charge in [0, 0.05) is 12.7 Å². The van der Waals surface area contributed by atoms with Gasteiger partial charge in [-0.15, -0.1) is 0 Å². The fraction of sp³-hybridized carbons (Fsp3) is 0.136. The summed E-state index contributed by atoms with van der Waals surface area (Å²) in [7, 11) is 0.00767. The molecule has 0 aromatic heterocycles. The molecule has 2 nitrogen and oxygen atoms in total. The maximum atomic E-state index is 6.16. The van der Waals surface area contributed by atoms with Gasteiger partial charge in [0.2, 0.25) is 0 Å². The van der Waals surface area contributed by atoms with Crippen molar-refractivity contribution in [3.8, 4) is 0 Å². The van der Waals surface area contributed by atoms with Crippen LogP contribution in [0.15, 0.2) is 82.5 Å². The molecule has 0 unspecified atom stereocenters. The van der Waals surface area contributed by atoms with Crippen molar-refractivity contribution in [1.82, 2.24) is 0 Å². The van der Waals surface area contributed by atoms with E-state index in [9.17, 15) is 0 Å². The molecule has 0 atom stereocenters. The molecule has 4 rings (SSSR count). The van der Waals surface area contributed by atoms with Crippen molar-refractivity contribution in [1.29, 1.82) is 0 Å². The largest absolute Gasteiger partial charge is 0.399 e. The Bertz CT molecular complexity index is 976. The van der Waals surface area contributed by atoms with Crippen LogP contribution in [0.2, 0.25) is 13.1 Å². The van der Waals surface area contributed by atoms with Gasteiger partial charge in [0.25, 0.3) is 0 Å². The number of fused-ring (bicyclic) bond motifs is 2. The Balaban J connectivity index is 2.11. The molecule has 1 aliphatic heterocycles. The number of hydrogen-bond acceptors (Lipinski definition) is 2.